The highest BCUT2D eigenvalue weighted by molar-refractivity contribution is 5.60. The number of hydrogen-bond donors (Lipinski definition) is 0. The van der Waals surface area contributed by atoms with Crippen molar-refractivity contribution in [1.29, 1.82) is 5.26 Å². The maximum Gasteiger partial charge on any atom is 0.433 e. The molecule has 0 spiro atoms. The molecule has 0 N–H and O–H groups in total. The summed E-state index contributed by atoms with van der Waals surface area (Å²) in [7, 11) is 0. The molecule has 0 saturated carbocycles. The van der Waals surface area contributed by atoms with Crippen molar-refractivity contribution in [2.75, 3.05) is 36.0 Å². The van der Waals surface area contributed by atoms with Crippen LogP contribution in [0.5, 0.6) is 0 Å². The Kier molecular flexibility index (Phi) is 4.44. The van der Waals surface area contributed by atoms with Gasteiger partial charge in [0, 0.05) is 32.4 Å². The van der Waals surface area contributed by atoms with Gasteiger partial charge in [-0.15, -0.1) is 0 Å². The first-order valence-electron chi connectivity index (χ1n) is 7.49. The summed E-state index contributed by atoms with van der Waals surface area (Å²) in [4.78, 5) is 10.9. The Morgan fingerprint density at radius 1 is 1.04 bits per heavy atom. The lowest BCUT2D eigenvalue weighted by molar-refractivity contribution is -0.141. The van der Waals surface area contributed by atoms with E-state index in [1.807, 2.05) is 11.0 Å². The molecule has 2 heterocycles. The van der Waals surface area contributed by atoms with Crippen LogP contribution in [0.25, 0.3) is 0 Å². The first kappa shape index (κ1) is 17.0. The molecule has 5 nitrogen and oxygen atoms in total. The third-order valence-electron chi connectivity index (χ3n) is 3.94. The molecule has 1 aromatic heterocycles. The quantitative estimate of drug-likeness (QED) is 0.779. The van der Waals surface area contributed by atoms with Crippen LogP contribution in [0.2, 0.25) is 0 Å². The lowest BCUT2D eigenvalue weighted by Crippen LogP contribution is -2.47. The number of nitriles is 1. The minimum Gasteiger partial charge on any atom is -0.367 e. The van der Waals surface area contributed by atoms with Gasteiger partial charge in [0.1, 0.15) is 23.1 Å². The van der Waals surface area contributed by atoms with Gasteiger partial charge >= 0.3 is 6.18 Å². The highest BCUT2D eigenvalue weighted by Gasteiger charge is 2.33. The topological polar surface area (TPSA) is 56.1 Å². The van der Waals surface area contributed by atoms with Gasteiger partial charge in [0.25, 0.3) is 0 Å². The van der Waals surface area contributed by atoms with Crippen LogP contribution < -0.4 is 9.80 Å². The number of alkyl halides is 3. The van der Waals surface area contributed by atoms with Gasteiger partial charge in [-0.1, -0.05) is 6.07 Å². The maximum absolute atomic E-state index is 13.7. The molecule has 25 heavy (non-hydrogen) atoms. The van der Waals surface area contributed by atoms with Crippen molar-refractivity contribution >= 4 is 11.6 Å². The second-order valence-corrected chi connectivity index (χ2v) is 5.46. The maximum atomic E-state index is 13.7. The van der Waals surface area contributed by atoms with Gasteiger partial charge in [-0.2, -0.15) is 18.4 Å². The van der Waals surface area contributed by atoms with Gasteiger partial charge in [0.2, 0.25) is 5.95 Å². The van der Waals surface area contributed by atoms with E-state index in [1.54, 1.807) is 11.0 Å². The second kappa shape index (κ2) is 6.55. The summed E-state index contributed by atoms with van der Waals surface area (Å²) in [5, 5.41) is 9.11. The zero-order valence-corrected chi connectivity index (χ0v) is 13.0. The van der Waals surface area contributed by atoms with Crippen molar-refractivity contribution in [3.05, 3.63) is 47.5 Å². The molecule has 0 aliphatic carbocycles. The number of anilines is 2. The number of rotatable bonds is 2. The molecule has 9 heteroatoms. The summed E-state index contributed by atoms with van der Waals surface area (Å²) in [6, 6.07) is 7.06. The van der Waals surface area contributed by atoms with Crippen molar-refractivity contribution in [1.82, 2.24) is 9.97 Å². The van der Waals surface area contributed by atoms with Crippen LogP contribution in [0.15, 0.2) is 30.5 Å². The Bertz CT molecular complexity index is 807. The monoisotopic (exact) mass is 351 g/mol. The van der Waals surface area contributed by atoms with Gasteiger partial charge in [-0.3, -0.25) is 0 Å². The van der Waals surface area contributed by atoms with Crippen molar-refractivity contribution in [3.8, 4) is 6.07 Å². The summed E-state index contributed by atoms with van der Waals surface area (Å²) in [5.41, 5.74) is -0.546. The summed E-state index contributed by atoms with van der Waals surface area (Å²) in [6.07, 6.45) is -3.44. The Morgan fingerprint density at radius 2 is 1.72 bits per heavy atom. The van der Waals surface area contributed by atoms with Gasteiger partial charge in [0.15, 0.2) is 0 Å². The van der Waals surface area contributed by atoms with E-state index in [0.717, 1.165) is 12.3 Å². The van der Waals surface area contributed by atoms with E-state index in [-0.39, 0.29) is 11.5 Å². The second-order valence-electron chi connectivity index (χ2n) is 5.46. The molecule has 1 aliphatic heterocycles. The third-order valence-corrected chi connectivity index (χ3v) is 3.94. The third kappa shape index (κ3) is 3.47. The number of nitrogens with zero attached hydrogens (tertiary/aromatic N) is 5. The summed E-state index contributed by atoms with van der Waals surface area (Å²) in [6.45, 7) is 1.56. The molecule has 1 saturated heterocycles. The van der Waals surface area contributed by atoms with Crippen LogP contribution in [0.4, 0.5) is 29.2 Å². The molecule has 130 valence electrons. The number of halogens is 4. The van der Waals surface area contributed by atoms with Gasteiger partial charge in [-0.05, 0) is 18.2 Å². The summed E-state index contributed by atoms with van der Waals surface area (Å²) < 4.78 is 52.0. The smallest absolute Gasteiger partial charge is 0.367 e. The Morgan fingerprint density at radius 3 is 2.36 bits per heavy atom. The molecule has 1 aromatic carbocycles. The molecule has 0 atom stereocenters. The first-order valence-corrected chi connectivity index (χ1v) is 7.49. The largest absolute Gasteiger partial charge is 0.433 e. The molecular formula is C16H13F4N5. The fourth-order valence-corrected chi connectivity index (χ4v) is 2.69. The molecule has 2 aromatic rings. The predicted octanol–water partition coefficient (Wildman–Crippen LogP) is 2.83. The van der Waals surface area contributed by atoms with Crippen molar-refractivity contribution in [2.45, 2.75) is 6.18 Å². The van der Waals surface area contributed by atoms with Gasteiger partial charge < -0.3 is 9.80 Å². The molecule has 3 rings (SSSR count). The van der Waals surface area contributed by atoms with Crippen molar-refractivity contribution in [3.63, 3.8) is 0 Å². The molecule has 0 unspecified atom stereocenters. The van der Waals surface area contributed by atoms with E-state index < -0.39 is 17.7 Å². The lowest BCUT2D eigenvalue weighted by atomic mass is 10.1. The fraction of sp³-hybridized carbons (Fsp3) is 0.312. The van der Waals surface area contributed by atoms with Gasteiger partial charge in [0.05, 0.1) is 5.69 Å². The first-order chi connectivity index (χ1) is 11.9. The van der Waals surface area contributed by atoms with Crippen molar-refractivity contribution in [2.24, 2.45) is 0 Å². The van der Waals surface area contributed by atoms with E-state index >= 15 is 0 Å². The minimum absolute atomic E-state index is 0.00854. The van der Waals surface area contributed by atoms with Crippen LogP contribution in [0, 0.1) is 17.1 Å². The number of aromatic nitrogens is 2. The van der Waals surface area contributed by atoms with E-state index in [0.29, 0.717) is 31.9 Å². The highest BCUT2D eigenvalue weighted by Crippen LogP contribution is 2.29. The van der Waals surface area contributed by atoms with E-state index in [2.05, 4.69) is 9.97 Å². The van der Waals surface area contributed by atoms with Crippen molar-refractivity contribution < 1.29 is 17.6 Å². The molecule has 0 bridgehead atoms. The van der Waals surface area contributed by atoms with Crippen LogP contribution in [0.3, 0.4) is 0 Å². The zero-order valence-electron chi connectivity index (χ0n) is 13.0. The minimum atomic E-state index is -4.53. The van der Waals surface area contributed by atoms with E-state index in [4.69, 9.17) is 5.26 Å². The average Bonchev–Trinajstić information content (AvgIpc) is 2.61. The Balaban J connectivity index is 1.75. The predicted molar refractivity (Wildman–Crippen MR) is 82.6 cm³/mol. The van der Waals surface area contributed by atoms with E-state index in [1.165, 1.54) is 12.1 Å². The lowest BCUT2D eigenvalue weighted by Gasteiger charge is -2.36. The molecule has 1 aliphatic rings. The van der Waals surface area contributed by atoms with Gasteiger partial charge in [-0.25, -0.2) is 14.4 Å². The molecule has 0 radical (unpaired) electrons. The number of piperazine rings is 1. The Labute approximate surface area is 141 Å². The zero-order chi connectivity index (χ0) is 18.0. The Hall–Kier alpha value is -2.89. The van der Waals surface area contributed by atoms with Crippen LogP contribution >= 0.6 is 0 Å². The highest BCUT2D eigenvalue weighted by atomic mass is 19.4. The number of hydrogen-bond acceptors (Lipinski definition) is 5. The van der Waals surface area contributed by atoms with Crippen LogP contribution in [-0.4, -0.2) is 36.1 Å². The SMILES string of the molecule is N#Cc1c(F)cccc1N1CCN(c2nccc(C(F)(F)F)n2)CC1. The van der Waals surface area contributed by atoms with Crippen LogP contribution in [0.1, 0.15) is 11.3 Å². The normalized spacial score (nSPS) is 15.2. The standard InChI is InChI=1S/C16H13F4N5/c17-12-2-1-3-13(11(12)10-21)24-6-8-25(9-7-24)15-22-5-4-14(23-15)16(18,19)20/h1-5H,6-9H2. The molecule has 0 amide bonds. The van der Waals surface area contributed by atoms with Crippen LogP contribution in [-0.2, 0) is 6.18 Å². The fourth-order valence-electron chi connectivity index (χ4n) is 2.69. The summed E-state index contributed by atoms with van der Waals surface area (Å²) >= 11 is 0. The number of benzene rings is 1. The van der Waals surface area contributed by atoms with E-state index in [9.17, 15) is 17.6 Å². The molecular weight excluding hydrogens is 338 g/mol. The molecule has 1 fully saturated rings. The summed E-state index contributed by atoms with van der Waals surface area (Å²) in [5.74, 6) is -0.585. The average molecular weight is 351 g/mol.